The van der Waals surface area contributed by atoms with Gasteiger partial charge in [0.1, 0.15) is 5.69 Å². The second kappa shape index (κ2) is 7.99. The van der Waals surface area contributed by atoms with Gasteiger partial charge >= 0.3 is 0 Å². The fourth-order valence-corrected chi connectivity index (χ4v) is 4.23. The molecule has 33 heavy (non-hydrogen) atoms. The van der Waals surface area contributed by atoms with Gasteiger partial charge in [0.05, 0.1) is 0 Å². The van der Waals surface area contributed by atoms with E-state index >= 15 is 0 Å². The number of anilines is 1. The van der Waals surface area contributed by atoms with Crippen LogP contribution in [0, 0.1) is 20.8 Å². The van der Waals surface area contributed by atoms with Crippen molar-refractivity contribution >= 4 is 11.5 Å². The number of fused-ring (bicyclic) bond motifs is 2. The highest BCUT2D eigenvalue weighted by Gasteiger charge is 2.24. The van der Waals surface area contributed by atoms with Crippen molar-refractivity contribution in [1.29, 1.82) is 0 Å². The summed E-state index contributed by atoms with van der Waals surface area (Å²) in [6.45, 7) is 6.91. The van der Waals surface area contributed by atoms with Gasteiger partial charge in [-0.2, -0.15) is 4.52 Å². The number of pyridine rings is 2. The van der Waals surface area contributed by atoms with Crippen molar-refractivity contribution < 1.29 is 8.78 Å². The molecule has 0 saturated carbocycles. The molecule has 0 radical (unpaired) electrons. The van der Waals surface area contributed by atoms with Gasteiger partial charge in [0, 0.05) is 72.1 Å². The third-order valence-electron chi connectivity index (χ3n) is 6.11. The van der Waals surface area contributed by atoms with E-state index in [1.807, 2.05) is 32.4 Å². The molecular weight excluding hydrogens is 426 g/mol. The molecule has 168 valence electrons. The van der Waals surface area contributed by atoms with Crippen molar-refractivity contribution in [2.45, 2.75) is 40.2 Å². The molecule has 0 unspecified atom stereocenters. The SMILES string of the molecule is Cc1cncc(-c2cnc3c(c2)CN(c2nn4c(=O)cc(C(F)F)nc4c(C)c2C)CC3)c1. The van der Waals surface area contributed by atoms with Crippen molar-refractivity contribution in [3.05, 3.63) is 80.8 Å². The second-order valence-corrected chi connectivity index (χ2v) is 8.38. The highest BCUT2D eigenvalue weighted by Crippen LogP contribution is 2.30. The van der Waals surface area contributed by atoms with Crippen LogP contribution in [-0.2, 0) is 13.0 Å². The topological polar surface area (TPSA) is 76.3 Å². The molecule has 0 fully saturated rings. The van der Waals surface area contributed by atoms with E-state index in [0.29, 0.717) is 24.5 Å². The van der Waals surface area contributed by atoms with Gasteiger partial charge in [-0.1, -0.05) is 0 Å². The van der Waals surface area contributed by atoms with Crippen molar-refractivity contribution in [2.24, 2.45) is 0 Å². The van der Waals surface area contributed by atoms with Gasteiger partial charge in [0.15, 0.2) is 11.5 Å². The number of rotatable bonds is 3. The van der Waals surface area contributed by atoms with Gasteiger partial charge in [-0.3, -0.25) is 14.8 Å². The van der Waals surface area contributed by atoms with Gasteiger partial charge in [0.25, 0.3) is 12.0 Å². The molecule has 4 aromatic heterocycles. The Labute approximate surface area is 188 Å². The normalized spacial score (nSPS) is 13.6. The molecule has 0 aliphatic carbocycles. The maximum atomic E-state index is 13.1. The molecule has 9 heteroatoms. The molecule has 4 aromatic rings. The lowest BCUT2D eigenvalue weighted by Gasteiger charge is -2.31. The summed E-state index contributed by atoms with van der Waals surface area (Å²) in [6, 6.07) is 5.04. The maximum Gasteiger partial charge on any atom is 0.280 e. The van der Waals surface area contributed by atoms with E-state index in [4.69, 9.17) is 0 Å². The molecule has 0 bridgehead atoms. The Morgan fingerprint density at radius 3 is 2.55 bits per heavy atom. The summed E-state index contributed by atoms with van der Waals surface area (Å²) < 4.78 is 27.4. The van der Waals surface area contributed by atoms with Crippen molar-refractivity contribution in [3.8, 4) is 11.1 Å². The lowest BCUT2D eigenvalue weighted by molar-refractivity contribution is 0.146. The summed E-state index contributed by atoms with van der Waals surface area (Å²) >= 11 is 0. The van der Waals surface area contributed by atoms with Crippen LogP contribution < -0.4 is 10.5 Å². The van der Waals surface area contributed by atoms with Crippen LogP contribution >= 0.6 is 0 Å². The van der Waals surface area contributed by atoms with E-state index in [-0.39, 0.29) is 5.65 Å². The van der Waals surface area contributed by atoms with Gasteiger partial charge in [-0.05, 0) is 44.0 Å². The number of aromatic nitrogens is 5. The van der Waals surface area contributed by atoms with Crippen molar-refractivity contribution in [2.75, 3.05) is 11.4 Å². The Hall–Kier alpha value is -3.75. The van der Waals surface area contributed by atoms with Crippen molar-refractivity contribution in [1.82, 2.24) is 24.6 Å². The summed E-state index contributed by atoms with van der Waals surface area (Å²) in [7, 11) is 0. The summed E-state index contributed by atoms with van der Waals surface area (Å²) in [5, 5.41) is 4.52. The predicted octanol–water partition coefficient (Wildman–Crippen LogP) is 3.97. The molecule has 0 saturated heterocycles. The fraction of sp³-hybridized carbons (Fsp3) is 0.292. The number of halogens is 2. The molecule has 7 nitrogen and oxygen atoms in total. The number of alkyl halides is 2. The lowest BCUT2D eigenvalue weighted by Crippen LogP contribution is -2.34. The average molecular weight is 448 g/mol. The van der Waals surface area contributed by atoms with E-state index in [2.05, 4.69) is 37.1 Å². The van der Waals surface area contributed by atoms with Crippen LogP contribution in [0.15, 0.2) is 41.6 Å². The van der Waals surface area contributed by atoms with E-state index in [9.17, 15) is 13.6 Å². The van der Waals surface area contributed by atoms with Crippen LogP contribution in [0.5, 0.6) is 0 Å². The molecule has 5 rings (SSSR count). The van der Waals surface area contributed by atoms with Crippen molar-refractivity contribution in [3.63, 3.8) is 0 Å². The standard InChI is InChI=1S/C24H22F2N6O/c1-13-6-16(10-27-9-13)17-7-18-12-31(5-4-19(18)28-11-17)24-15(3)14(2)23-29-20(22(25)26)8-21(33)32(23)30-24/h6-11,22H,4-5,12H2,1-3H3. The molecule has 5 heterocycles. The smallest absolute Gasteiger partial charge is 0.280 e. The summed E-state index contributed by atoms with van der Waals surface area (Å²) in [6.07, 6.45) is 3.43. The van der Waals surface area contributed by atoms with E-state index in [1.165, 1.54) is 0 Å². The van der Waals surface area contributed by atoms with Crippen LogP contribution in [0.4, 0.5) is 14.6 Å². The van der Waals surface area contributed by atoms with E-state index < -0.39 is 17.7 Å². The van der Waals surface area contributed by atoms with E-state index in [0.717, 1.165) is 50.5 Å². The molecule has 1 aliphatic heterocycles. The summed E-state index contributed by atoms with van der Waals surface area (Å²) in [5.41, 5.74) is 5.66. The first-order chi connectivity index (χ1) is 15.8. The second-order valence-electron chi connectivity index (χ2n) is 8.38. The minimum Gasteiger partial charge on any atom is -0.350 e. The number of hydrogen-bond acceptors (Lipinski definition) is 6. The quantitative estimate of drug-likeness (QED) is 0.472. The van der Waals surface area contributed by atoms with Gasteiger partial charge < -0.3 is 4.90 Å². The van der Waals surface area contributed by atoms with Crippen LogP contribution in [-0.4, -0.2) is 31.1 Å². The third kappa shape index (κ3) is 3.73. The predicted molar refractivity (Wildman–Crippen MR) is 121 cm³/mol. The largest absolute Gasteiger partial charge is 0.350 e. The zero-order valence-electron chi connectivity index (χ0n) is 18.5. The highest BCUT2D eigenvalue weighted by atomic mass is 19.3. The molecule has 0 aromatic carbocycles. The van der Waals surface area contributed by atoms with Gasteiger partial charge in [-0.25, -0.2) is 13.8 Å². The Morgan fingerprint density at radius 2 is 1.79 bits per heavy atom. The van der Waals surface area contributed by atoms with Crippen LogP contribution in [0.3, 0.4) is 0 Å². The summed E-state index contributed by atoms with van der Waals surface area (Å²) in [4.78, 5) is 27.6. The monoisotopic (exact) mass is 448 g/mol. The zero-order chi connectivity index (χ0) is 23.3. The van der Waals surface area contributed by atoms with Gasteiger partial charge in [-0.15, -0.1) is 5.10 Å². The highest BCUT2D eigenvalue weighted by molar-refractivity contribution is 5.64. The van der Waals surface area contributed by atoms with Crippen LogP contribution in [0.25, 0.3) is 16.8 Å². The molecule has 0 amide bonds. The first kappa shape index (κ1) is 21.1. The number of nitrogens with zero attached hydrogens (tertiary/aromatic N) is 6. The van der Waals surface area contributed by atoms with Crippen LogP contribution in [0.1, 0.15) is 40.1 Å². The molecule has 1 aliphatic rings. The Kier molecular flexibility index (Phi) is 5.11. The average Bonchev–Trinajstić information content (AvgIpc) is 2.80. The zero-order valence-corrected chi connectivity index (χ0v) is 18.5. The minimum absolute atomic E-state index is 0.160. The van der Waals surface area contributed by atoms with Crippen LogP contribution in [0.2, 0.25) is 0 Å². The Bertz CT molecular complexity index is 1450. The number of aryl methyl sites for hydroxylation is 2. The van der Waals surface area contributed by atoms with Gasteiger partial charge in [0.2, 0.25) is 0 Å². The molecule has 0 spiro atoms. The Balaban J connectivity index is 1.55. The molecule has 0 atom stereocenters. The van der Waals surface area contributed by atoms with E-state index in [1.54, 1.807) is 6.92 Å². The molecular formula is C24H22F2N6O. The lowest BCUT2D eigenvalue weighted by atomic mass is 10.00. The summed E-state index contributed by atoms with van der Waals surface area (Å²) in [5.74, 6) is 0.641. The minimum atomic E-state index is -2.81. The maximum absolute atomic E-state index is 13.1. The first-order valence-electron chi connectivity index (χ1n) is 10.7. The first-order valence-corrected chi connectivity index (χ1v) is 10.7. The Morgan fingerprint density at radius 1 is 1.00 bits per heavy atom. The number of hydrogen-bond donors (Lipinski definition) is 0. The fourth-order valence-electron chi connectivity index (χ4n) is 4.23. The molecule has 0 N–H and O–H groups in total. The third-order valence-corrected chi connectivity index (χ3v) is 6.11.